The van der Waals surface area contributed by atoms with Crippen molar-refractivity contribution in [1.29, 1.82) is 0 Å². The first-order chi connectivity index (χ1) is 15.6. The molecule has 0 bridgehead atoms. The number of nitrogen functional groups attached to an aromatic ring is 1. The number of hydrogen-bond acceptors (Lipinski definition) is 13. The van der Waals surface area contributed by atoms with Crippen LogP contribution in [0.3, 0.4) is 0 Å². The van der Waals surface area contributed by atoms with Crippen LogP contribution >= 0.6 is 19.4 Å². The molecule has 2 heterocycles. The molecule has 0 fully saturated rings. The van der Waals surface area contributed by atoms with Gasteiger partial charge in [-0.25, -0.2) is 19.7 Å². The summed E-state index contributed by atoms with van der Waals surface area (Å²) in [6.07, 6.45) is 0.679. The van der Waals surface area contributed by atoms with Crippen molar-refractivity contribution in [2.45, 2.75) is 46.4 Å². The van der Waals surface area contributed by atoms with Gasteiger partial charge in [0.05, 0.1) is 31.7 Å². The van der Waals surface area contributed by atoms with Gasteiger partial charge in [0.15, 0.2) is 16.6 Å². The molecule has 0 aliphatic carbocycles. The second-order valence-electron chi connectivity index (χ2n) is 7.03. The summed E-state index contributed by atoms with van der Waals surface area (Å²) in [4.78, 5) is 34.8. The van der Waals surface area contributed by atoms with Gasteiger partial charge in [-0.2, -0.15) is 0 Å². The number of aromatic nitrogens is 4. The first kappa shape index (κ1) is 27.0. The Bertz CT molecular complexity index is 988. The van der Waals surface area contributed by atoms with Crippen molar-refractivity contribution >= 4 is 47.6 Å². The topological polar surface area (TPSA) is 167 Å². The molecule has 13 nitrogen and oxygen atoms in total. The molecule has 0 aromatic carbocycles. The SMILES string of the molecule is CC(=O)SCCO[P@](=O)(CO[C@H](C)Cn1cnc2c(N)ncnc21)OCOC(=O)OC(C)C. The number of imidazole rings is 1. The predicted octanol–water partition coefficient (Wildman–Crippen LogP) is 2.80. The molecule has 0 saturated heterocycles. The van der Waals surface area contributed by atoms with E-state index >= 15 is 0 Å². The number of anilines is 1. The van der Waals surface area contributed by atoms with Gasteiger partial charge in [0.25, 0.3) is 0 Å². The van der Waals surface area contributed by atoms with Crippen molar-refractivity contribution in [2.75, 3.05) is 31.2 Å². The summed E-state index contributed by atoms with van der Waals surface area (Å²) in [6, 6.07) is 0. The molecule has 2 rings (SSSR count). The standard InChI is InChI=1S/C18H28N5O8PS/c1-12(2)31-18(25)27-10-30-32(26,29-5-6-33-14(4)24)11-28-13(3)7-23-9-22-15-16(19)20-8-21-17(15)23/h8-9,12-13H,5-7,10-11H2,1-4H3,(H2,19,20,21)/t13-,32-/m1/s1. The highest BCUT2D eigenvalue weighted by molar-refractivity contribution is 8.13. The summed E-state index contributed by atoms with van der Waals surface area (Å²) in [7, 11) is -3.82. The first-order valence-corrected chi connectivity index (χ1v) is 12.7. The average molecular weight is 505 g/mol. The molecule has 0 saturated carbocycles. The molecular formula is C18H28N5O8PS. The van der Waals surface area contributed by atoms with Crippen LogP contribution in [-0.4, -0.2) is 68.5 Å². The van der Waals surface area contributed by atoms with Crippen molar-refractivity contribution in [3.63, 3.8) is 0 Å². The summed E-state index contributed by atoms with van der Waals surface area (Å²) in [5.74, 6) is 0.537. The lowest BCUT2D eigenvalue weighted by atomic mass is 10.4. The number of nitrogens with zero attached hydrogens (tertiary/aromatic N) is 4. The Labute approximate surface area is 195 Å². The molecule has 0 aliphatic rings. The van der Waals surface area contributed by atoms with E-state index < -0.39 is 33.0 Å². The molecule has 0 unspecified atom stereocenters. The van der Waals surface area contributed by atoms with E-state index in [2.05, 4.69) is 15.0 Å². The Morgan fingerprint density at radius 3 is 2.67 bits per heavy atom. The first-order valence-electron chi connectivity index (χ1n) is 9.97. The highest BCUT2D eigenvalue weighted by Gasteiger charge is 2.28. The van der Waals surface area contributed by atoms with Crippen LogP contribution in [0.1, 0.15) is 27.7 Å². The van der Waals surface area contributed by atoms with Gasteiger partial charge in [-0.1, -0.05) is 11.8 Å². The predicted molar refractivity (Wildman–Crippen MR) is 121 cm³/mol. The number of hydrogen-bond donors (Lipinski definition) is 1. The monoisotopic (exact) mass is 505 g/mol. The van der Waals surface area contributed by atoms with E-state index in [-0.39, 0.29) is 29.4 Å². The molecule has 33 heavy (non-hydrogen) atoms. The van der Waals surface area contributed by atoms with Crippen molar-refractivity contribution in [2.24, 2.45) is 0 Å². The normalized spacial score (nSPS) is 14.2. The number of carbonyl (C=O) groups excluding carboxylic acids is 2. The third kappa shape index (κ3) is 9.26. The summed E-state index contributed by atoms with van der Waals surface area (Å²) < 4.78 is 40.6. The minimum Gasteiger partial charge on any atom is -0.432 e. The van der Waals surface area contributed by atoms with Crippen LogP contribution in [0.15, 0.2) is 12.7 Å². The number of ether oxygens (including phenoxy) is 3. The van der Waals surface area contributed by atoms with Crippen LogP contribution in [-0.2, 0) is 39.2 Å². The fourth-order valence-corrected chi connectivity index (χ4v) is 4.26. The maximum Gasteiger partial charge on any atom is 0.510 e. The molecule has 184 valence electrons. The van der Waals surface area contributed by atoms with Crippen molar-refractivity contribution < 1.29 is 37.4 Å². The lowest BCUT2D eigenvalue weighted by Crippen LogP contribution is -2.19. The fourth-order valence-electron chi connectivity index (χ4n) is 2.44. The minimum absolute atomic E-state index is 0.0297. The van der Waals surface area contributed by atoms with Crippen molar-refractivity contribution in [3.8, 4) is 0 Å². The second-order valence-corrected chi connectivity index (χ2v) is 10.3. The van der Waals surface area contributed by atoms with Gasteiger partial charge in [-0.05, 0) is 20.8 Å². The third-order valence-electron chi connectivity index (χ3n) is 3.84. The third-order valence-corrected chi connectivity index (χ3v) is 6.15. The molecule has 0 aliphatic heterocycles. The number of rotatable bonds is 13. The maximum absolute atomic E-state index is 13.1. The van der Waals surface area contributed by atoms with E-state index in [1.807, 2.05) is 0 Å². The Hall–Kier alpha value is -2.25. The zero-order chi connectivity index (χ0) is 24.4. The maximum atomic E-state index is 13.1. The molecular weight excluding hydrogens is 477 g/mol. The quantitative estimate of drug-likeness (QED) is 0.183. The van der Waals surface area contributed by atoms with Crippen LogP contribution < -0.4 is 5.73 Å². The van der Waals surface area contributed by atoms with Gasteiger partial charge < -0.3 is 29.0 Å². The zero-order valence-electron chi connectivity index (χ0n) is 18.8. The largest absolute Gasteiger partial charge is 0.510 e. The molecule has 0 amide bonds. The van der Waals surface area contributed by atoms with Crippen LogP contribution in [0.25, 0.3) is 11.2 Å². The lowest BCUT2D eigenvalue weighted by Gasteiger charge is -2.21. The molecule has 2 aromatic rings. The van der Waals surface area contributed by atoms with E-state index in [4.69, 9.17) is 29.0 Å². The van der Waals surface area contributed by atoms with E-state index in [1.54, 1.807) is 31.7 Å². The molecule has 2 N–H and O–H groups in total. The summed E-state index contributed by atoms with van der Waals surface area (Å²) in [6.45, 7) is 6.12. The number of thioether (sulfide) groups is 1. The fraction of sp³-hybridized carbons (Fsp3) is 0.611. The van der Waals surface area contributed by atoms with Gasteiger partial charge in [-0.15, -0.1) is 0 Å². The van der Waals surface area contributed by atoms with Gasteiger partial charge in [-0.3, -0.25) is 13.9 Å². The van der Waals surface area contributed by atoms with E-state index in [1.165, 1.54) is 13.3 Å². The van der Waals surface area contributed by atoms with Gasteiger partial charge in [0, 0.05) is 12.7 Å². The molecule has 0 radical (unpaired) electrons. The van der Waals surface area contributed by atoms with Crippen molar-refractivity contribution in [1.82, 2.24) is 19.5 Å². The Morgan fingerprint density at radius 1 is 1.21 bits per heavy atom. The summed E-state index contributed by atoms with van der Waals surface area (Å²) in [5, 5.41) is -0.101. The van der Waals surface area contributed by atoms with E-state index in [0.717, 1.165) is 11.8 Å². The van der Waals surface area contributed by atoms with E-state index in [0.29, 0.717) is 17.7 Å². The smallest absolute Gasteiger partial charge is 0.432 e. The second kappa shape index (κ2) is 12.8. The van der Waals surface area contributed by atoms with Crippen LogP contribution in [0.2, 0.25) is 0 Å². The molecule has 0 spiro atoms. The minimum atomic E-state index is -3.82. The number of fused-ring (bicyclic) bond motifs is 1. The summed E-state index contributed by atoms with van der Waals surface area (Å²) >= 11 is 1.02. The average Bonchev–Trinajstić information content (AvgIpc) is 3.13. The van der Waals surface area contributed by atoms with E-state index in [9.17, 15) is 14.2 Å². The zero-order valence-corrected chi connectivity index (χ0v) is 20.5. The van der Waals surface area contributed by atoms with Crippen LogP contribution in [0.4, 0.5) is 10.6 Å². The Kier molecular flexibility index (Phi) is 10.5. The van der Waals surface area contributed by atoms with Crippen LogP contribution in [0, 0.1) is 0 Å². The molecule has 2 aromatic heterocycles. The van der Waals surface area contributed by atoms with Gasteiger partial charge >= 0.3 is 13.8 Å². The lowest BCUT2D eigenvalue weighted by molar-refractivity contribution is -0.109. The summed E-state index contributed by atoms with van der Waals surface area (Å²) in [5.41, 5.74) is 6.79. The van der Waals surface area contributed by atoms with Gasteiger partial charge in [0.2, 0.25) is 6.79 Å². The number of carbonyl (C=O) groups is 2. The van der Waals surface area contributed by atoms with Crippen molar-refractivity contribution in [3.05, 3.63) is 12.7 Å². The highest BCUT2D eigenvalue weighted by Crippen LogP contribution is 2.48. The molecule has 2 atom stereocenters. The Balaban J connectivity index is 1.93. The highest BCUT2D eigenvalue weighted by atomic mass is 32.2. The number of nitrogens with two attached hydrogens (primary N) is 1. The van der Waals surface area contributed by atoms with Gasteiger partial charge in [0.1, 0.15) is 18.2 Å². The Morgan fingerprint density at radius 2 is 1.97 bits per heavy atom. The molecule has 15 heteroatoms. The van der Waals surface area contributed by atoms with Crippen LogP contribution in [0.5, 0.6) is 0 Å².